The molecule has 0 atom stereocenters. The first-order valence-electron chi connectivity index (χ1n) is 8.55. The van der Waals surface area contributed by atoms with Crippen molar-refractivity contribution in [1.82, 2.24) is 9.61 Å². The van der Waals surface area contributed by atoms with Crippen molar-refractivity contribution in [1.29, 1.82) is 0 Å². The van der Waals surface area contributed by atoms with Crippen LogP contribution in [0.1, 0.15) is 21.6 Å². The van der Waals surface area contributed by atoms with Crippen LogP contribution >= 0.6 is 11.6 Å². The van der Waals surface area contributed by atoms with Gasteiger partial charge in [0.1, 0.15) is 0 Å². The summed E-state index contributed by atoms with van der Waals surface area (Å²) in [4.78, 5) is 11.8. The van der Waals surface area contributed by atoms with Crippen molar-refractivity contribution < 1.29 is 9.53 Å². The molecule has 5 heteroatoms. The Labute approximate surface area is 162 Å². The summed E-state index contributed by atoms with van der Waals surface area (Å²) in [5.41, 5.74) is 5.33. The van der Waals surface area contributed by atoms with E-state index < -0.39 is 0 Å². The van der Waals surface area contributed by atoms with Crippen LogP contribution in [0.3, 0.4) is 0 Å². The zero-order valence-electron chi connectivity index (χ0n) is 14.7. The molecule has 0 saturated carbocycles. The molecule has 0 radical (unpaired) electrons. The minimum absolute atomic E-state index is 0.349. The molecular formula is C22H17ClN2O2. The van der Waals surface area contributed by atoms with Gasteiger partial charge in [0.25, 0.3) is 0 Å². The first-order chi connectivity index (χ1) is 13.1. The third kappa shape index (κ3) is 3.57. The summed E-state index contributed by atoms with van der Waals surface area (Å²) in [6.45, 7) is 0. The molecule has 0 amide bonds. The third-order valence-corrected chi connectivity index (χ3v) is 4.62. The first kappa shape index (κ1) is 17.3. The molecule has 0 saturated heterocycles. The highest BCUT2D eigenvalue weighted by atomic mass is 35.5. The second kappa shape index (κ2) is 7.25. The molecular weight excluding hydrogens is 360 g/mol. The SMILES string of the molecule is COC(=O)c1cccc(Cc2cc(Cl)cc3cc(-c4ccccc4)nn23)c1. The summed E-state index contributed by atoms with van der Waals surface area (Å²) in [6.07, 6.45) is 0.595. The number of aromatic nitrogens is 2. The van der Waals surface area contributed by atoms with E-state index >= 15 is 0 Å². The minimum Gasteiger partial charge on any atom is -0.465 e. The van der Waals surface area contributed by atoms with Gasteiger partial charge in [0.2, 0.25) is 0 Å². The van der Waals surface area contributed by atoms with Crippen molar-refractivity contribution in [2.45, 2.75) is 6.42 Å². The normalized spacial score (nSPS) is 10.9. The van der Waals surface area contributed by atoms with Crippen LogP contribution in [0.25, 0.3) is 16.8 Å². The molecule has 4 rings (SSSR count). The second-order valence-electron chi connectivity index (χ2n) is 6.27. The molecule has 134 valence electrons. The quantitative estimate of drug-likeness (QED) is 0.469. The number of carbonyl (C=O) groups excluding carboxylic acids is 1. The molecule has 0 N–H and O–H groups in total. The van der Waals surface area contributed by atoms with Crippen LogP contribution < -0.4 is 0 Å². The maximum absolute atomic E-state index is 11.8. The fraction of sp³-hybridized carbons (Fsp3) is 0.0909. The maximum atomic E-state index is 11.8. The number of rotatable bonds is 4. The van der Waals surface area contributed by atoms with Gasteiger partial charge in [-0.25, -0.2) is 9.31 Å². The number of ether oxygens (including phenoxy) is 1. The number of nitrogens with zero attached hydrogens (tertiary/aromatic N) is 2. The molecule has 4 nitrogen and oxygen atoms in total. The first-order valence-corrected chi connectivity index (χ1v) is 8.93. The van der Waals surface area contributed by atoms with E-state index in [0.717, 1.165) is 28.0 Å². The van der Waals surface area contributed by atoms with Gasteiger partial charge in [0, 0.05) is 22.7 Å². The van der Waals surface area contributed by atoms with E-state index in [4.69, 9.17) is 21.4 Å². The Bertz CT molecular complexity index is 1120. The molecule has 4 aromatic rings. The number of halogens is 1. The highest BCUT2D eigenvalue weighted by Gasteiger charge is 2.11. The molecule has 0 fully saturated rings. The zero-order chi connectivity index (χ0) is 18.8. The topological polar surface area (TPSA) is 43.6 Å². The van der Waals surface area contributed by atoms with E-state index in [9.17, 15) is 4.79 Å². The van der Waals surface area contributed by atoms with Crippen molar-refractivity contribution in [2.75, 3.05) is 7.11 Å². The smallest absolute Gasteiger partial charge is 0.337 e. The van der Waals surface area contributed by atoms with E-state index in [1.807, 2.05) is 71.2 Å². The van der Waals surface area contributed by atoms with Crippen LogP contribution in [-0.4, -0.2) is 22.7 Å². The highest BCUT2D eigenvalue weighted by molar-refractivity contribution is 6.31. The van der Waals surface area contributed by atoms with E-state index in [0.29, 0.717) is 17.0 Å². The predicted octanol–water partition coefficient (Wildman–Crippen LogP) is 5.03. The van der Waals surface area contributed by atoms with Gasteiger partial charge in [-0.2, -0.15) is 5.10 Å². The van der Waals surface area contributed by atoms with Gasteiger partial charge in [-0.3, -0.25) is 0 Å². The molecule has 0 unspecified atom stereocenters. The van der Waals surface area contributed by atoms with Crippen LogP contribution in [0.15, 0.2) is 72.8 Å². The number of methoxy groups -OCH3 is 1. The molecule has 2 aromatic heterocycles. The fourth-order valence-electron chi connectivity index (χ4n) is 3.14. The molecule has 27 heavy (non-hydrogen) atoms. The van der Waals surface area contributed by atoms with Crippen LogP contribution in [-0.2, 0) is 11.2 Å². The van der Waals surface area contributed by atoms with Crippen LogP contribution in [0.4, 0.5) is 0 Å². The molecule has 0 aliphatic carbocycles. The van der Waals surface area contributed by atoms with Gasteiger partial charge in [-0.15, -0.1) is 0 Å². The average Bonchev–Trinajstić information content (AvgIpc) is 3.12. The second-order valence-corrected chi connectivity index (χ2v) is 6.70. The molecule has 0 aliphatic rings. The number of esters is 1. The number of carbonyl (C=O) groups is 1. The van der Waals surface area contributed by atoms with E-state index in [1.165, 1.54) is 7.11 Å². The van der Waals surface area contributed by atoms with Gasteiger partial charge >= 0.3 is 5.97 Å². The van der Waals surface area contributed by atoms with Crippen molar-refractivity contribution >= 4 is 23.1 Å². The highest BCUT2D eigenvalue weighted by Crippen LogP contribution is 2.24. The van der Waals surface area contributed by atoms with Gasteiger partial charge in [0.05, 0.1) is 23.9 Å². The Hall–Kier alpha value is -3.11. The minimum atomic E-state index is -0.349. The summed E-state index contributed by atoms with van der Waals surface area (Å²) < 4.78 is 6.71. The molecule has 0 bridgehead atoms. The number of benzene rings is 2. The number of fused-ring (bicyclic) bond motifs is 1. The van der Waals surface area contributed by atoms with Gasteiger partial charge in [0.15, 0.2) is 0 Å². The standard InChI is InChI=1S/C22H17ClN2O2/c1-27-22(26)17-9-5-6-15(10-17)11-19-12-18(23)13-20-14-21(24-25(19)20)16-7-3-2-4-8-16/h2-10,12-14H,11H2,1H3. The van der Waals surface area contributed by atoms with Gasteiger partial charge in [-0.1, -0.05) is 54.1 Å². The molecule has 2 heterocycles. The predicted molar refractivity (Wildman–Crippen MR) is 106 cm³/mol. The van der Waals surface area contributed by atoms with Crippen LogP contribution in [0.5, 0.6) is 0 Å². The third-order valence-electron chi connectivity index (χ3n) is 4.40. The van der Waals surface area contributed by atoms with E-state index in [2.05, 4.69) is 0 Å². The summed E-state index contributed by atoms with van der Waals surface area (Å²) in [7, 11) is 1.38. The molecule has 0 spiro atoms. The maximum Gasteiger partial charge on any atom is 0.337 e. The fourth-order valence-corrected chi connectivity index (χ4v) is 3.38. The van der Waals surface area contributed by atoms with Crippen molar-refractivity contribution in [2.24, 2.45) is 0 Å². The van der Waals surface area contributed by atoms with Crippen molar-refractivity contribution in [3.8, 4) is 11.3 Å². The summed E-state index contributed by atoms with van der Waals surface area (Å²) in [6, 6.07) is 23.2. The van der Waals surface area contributed by atoms with Crippen molar-refractivity contribution in [3.05, 3.63) is 94.6 Å². The largest absolute Gasteiger partial charge is 0.465 e. The monoisotopic (exact) mass is 376 g/mol. The van der Waals surface area contributed by atoms with Crippen LogP contribution in [0.2, 0.25) is 5.02 Å². The Morgan fingerprint density at radius 3 is 2.63 bits per heavy atom. The average molecular weight is 377 g/mol. The Morgan fingerprint density at radius 2 is 1.85 bits per heavy atom. The van der Waals surface area contributed by atoms with Crippen LogP contribution in [0, 0.1) is 0 Å². The number of hydrogen-bond donors (Lipinski definition) is 0. The lowest BCUT2D eigenvalue weighted by molar-refractivity contribution is 0.0600. The summed E-state index contributed by atoms with van der Waals surface area (Å²) in [5.74, 6) is -0.349. The zero-order valence-corrected chi connectivity index (χ0v) is 15.5. The Kier molecular flexibility index (Phi) is 4.65. The lowest BCUT2D eigenvalue weighted by Gasteiger charge is -2.08. The lowest BCUT2D eigenvalue weighted by atomic mass is 10.1. The van der Waals surface area contributed by atoms with Gasteiger partial charge in [-0.05, 0) is 35.9 Å². The van der Waals surface area contributed by atoms with Crippen molar-refractivity contribution in [3.63, 3.8) is 0 Å². The van der Waals surface area contributed by atoms with Gasteiger partial charge < -0.3 is 4.74 Å². The Morgan fingerprint density at radius 1 is 1.04 bits per heavy atom. The molecule has 0 aliphatic heterocycles. The summed E-state index contributed by atoms with van der Waals surface area (Å²) in [5, 5.41) is 5.41. The Balaban J connectivity index is 1.76. The lowest BCUT2D eigenvalue weighted by Crippen LogP contribution is -2.04. The summed E-state index contributed by atoms with van der Waals surface area (Å²) >= 11 is 6.33. The number of pyridine rings is 1. The van der Waals surface area contributed by atoms with E-state index in [1.54, 1.807) is 6.07 Å². The molecule has 2 aromatic carbocycles. The number of hydrogen-bond acceptors (Lipinski definition) is 3. The van der Waals surface area contributed by atoms with E-state index in [-0.39, 0.29) is 5.97 Å².